The Labute approximate surface area is 190 Å². The number of ether oxygens (including phenoxy) is 1. The zero-order valence-electron chi connectivity index (χ0n) is 17.6. The number of pyridine rings is 1. The highest BCUT2D eigenvalue weighted by Crippen LogP contribution is 2.33. The first kappa shape index (κ1) is 21.0. The van der Waals surface area contributed by atoms with Gasteiger partial charge in [-0.05, 0) is 37.1 Å². The maximum Gasteiger partial charge on any atom is 0.316 e. The number of aromatic amines is 1. The maximum atomic E-state index is 14.9. The van der Waals surface area contributed by atoms with Crippen LogP contribution in [0.15, 0.2) is 36.7 Å². The third kappa shape index (κ3) is 4.02. The van der Waals surface area contributed by atoms with Crippen molar-refractivity contribution in [2.75, 3.05) is 0 Å². The number of nitrogens with one attached hydrogen (secondary N) is 1. The average Bonchev–Trinajstić information content (AvgIpc) is 3.48. The van der Waals surface area contributed by atoms with E-state index in [9.17, 15) is 8.78 Å². The molecule has 0 aliphatic carbocycles. The highest BCUT2D eigenvalue weighted by Gasteiger charge is 2.19. The van der Waals surface area contributed by atoms with Gasteiger partial charge in [0, 0.05) is 18.0 Å². The smallest absolute Gasteiger partial charge is 0.316 e. The van der Waals surface area contributed by atoms with Crippen molar-refractivity contribution in [2.24, 2.45) is 0 Å². The van der Waals surface area contributed by atoms with Gasteiger partial charge in [0.05, 0.1) is 22.0 Å². The van der Waals surface area contributed by atoms with Gasteiger partial charge in [-0.2, -0.15) is 0 Å². The van der Waals surface area contributed by atoms with E-state index in [0.29, 0.717) is 5.69 Å². The largest absolute Gasteiger partial charge is 0.456 e. The Hall–Kier alpha value is -3.86. The topological polar surface area (TPSA) is 102 Å². The zero-order valence-corrected chi connectivity index (χ0v) is 18.5. The highest BCUT2D eigenvalue weighted by molar-refractivity contribution is 7.15. The SMILES string of the molecule is CCc1cnc(OCc2nc(C)c(-c3cccc(-c4cc(F)c5nn[nH]c5c4F)n3)s2)nc1. The Morgan fingerprint density at radius 1 is 1.09 bits per heavy atom. The molecule has 0 radical (unpaired) electrons. The van der Waals surface area contributed by atoms with E-state index >= 15 is 0 Å². The minimum Gasteiger partial charge on any atom is -0.456 e. The Bertz CT molecular complexity index is 1450. The molecule has 1 aromatic carbocycles. The number of thiazole rings is 1. The van der Waals surface area contributed by atoms with Gasteiger partial charge in [0.1, 0.15) is 17.1 Å². The van der Waals surface area contributed by atoms with Gasteiger partial charge >= 0.3 is 6.01 Å². The fourth-order valence-electron chi connectivity index (χ4n) is 3.32. The normalized spacial score (nSPS) is 11.3. The van der Waals surface area contributed by atoms with E-state index in [-0.39, 0.29) is 34.9 Å². The van der Waals surface area contributed by atoms with Gasteiger partial charge in [0.2, 0.25) is 0 Å². The molecule has 11 heteroatoms. The van der Waals surface area contributed by atoms with Crippen molar-refractivity contribution in [3.05, 3.63) is 64.6 Å². The van der Waals surface area contributed by atoms with Gasteiger partial charge in [-0.15, -0.1) is 16.4 Å². The van der Waals surface area contributed by atoms with Gasteiger partial charge in [-0.25, -0.2) is 28.7 Å². The predicted molar refractivity (Wildman–Crippen MR) is 119 cm³/mol. The molecule has 0 aliphatic rings. The number of halogens is 2. The molecule has 4 heterocycles. The minimum absolute atomic E-state index is 0.0197. The molecule has 0 atom stereocenters. The second-order valence-corrected chi connectivity index (χ2v) is 8.29. The van der Waals surface area contributed by atoms with Crippen LogP contribution < -0.4 is 4.74 Å². The van der Waals surface area contributed by atoms with Crippen molar-refractivity contribution >= 4 is 22.4 Å². The summed E-state index contributed by atoms with van der Waals surface area (Å²) in [5.74, 6) is -1.34. The van der Waals surface area contributed by atoms with Crippen LogP contribution in [0.25, 0.3) is 32.9 Å². The summed E-state index contributed by atoms with van der Waals surface area (Å²) >= 11 is 1.41. The maximum absolute atomic E-state index is 14.9. The molecule has 8 nitrogen and oxygen atoms in total. The number of aryl methyl sites for hydroxylation is 2. The molecule has 166 valence electrons. The molecule has 0 bridgehead atoms. The second-order valence-electron chi connectivity index (χ2n) is 7.20. The lowest BCUT2D eigenvalue weighted by atomic mass is 10.1. The van der Waals surface area contributed by atoms with Crippen LogP contribution in [0.5, 0.6) is 6.01 Å². The molecule has 1 N–H and O–H groups in total. The molecule has 5 rings (SSSR count). The van der Waals surface area contributed by atoms with Crippen molar-refractivity contribution in [1.82, 2.24) is 35.3 Å². The van der Waals surface area contributed by atoms with E-state index in [1.807, 2.05) is 13.8 Å². The zero-order chi connectivity index (χ0) is 22.9. The number of hydrogen-bond acceptors (Lipinski definition) is 8. The summed E-state index contributed by atoms with van der Waals surface area (Å²) in [6, 6.07) is 6.51. The summed E-state index contributed by atoms with van der Waals surface area (Å²) in [7, 11) is 0. The van der Waals surface area contributed by atoms with E-state index in [1.54, 1.807) is 30.6 Å². The average molecular weight is 465 g/mol. The summed E-state index contributed by atoms with van der Waals surface area (Å²) in [6.07, 6.45) is 4.31. The molecule has 0 saturated carbocycles. The molecule has 0 unspecified atom stereocenters. The Kier molecular flexibility index (Phi) is 5.47. The lowest BCUT2D eigenvalue weighted by molar-refractivity contribution is 0.279. The van der Waals surface area contributed by atoms with E-state index in [4.69, 9.17) is 4.74 Å². The molecule has 33 heavy (non-hydrogen) atoms. The Morgan fingerprint density at radius 2 is 1.88 bits per heavy atom. The Morgan fingerprint density at radius 3 is 2.67 bits per heavy atom. The van der Waals surface area contributed by atoms with Crippen LogP contribution in [-0.4, -0.2) is 35.3 Å². The van der Waals surface area contributed by atoms with Gasteiger partial charge in [0.15, 0.2) is 17.2 Å². The van der Waals surface area contributed by atoms with Crippen molar-refractivity contribution in [3.8, 4) is 27.8 Å². The van der Waals surface area contributed by atoms with Crippen LogP contribution in [0.1, 0.15) is 23.2 Å². The first-order valence-electron chi connectivity index (χ1n) is 10.1. The van der Waals surface area contributed by atoms with Gasteiger partial charge < -0.3 is 4.74 Å². The molecule has 0 saturated heterocycles. The van der Waals surface area contributed by atoms with Gasteiger partial charge in [-0.1, -0.05) is 18.2 Å². The van der Waals surface area contributed by atoms with Crippen LogP contribution in [0, 0.1) is 18.6 Å². The summed E-state index contributed by atoms with van der Waals surface area (Å²) in [5, 5.41) is 10.2. The predicted octanol–water partition coefficient (Wildman–Crippen LogP) is 4.66. The van der Waals surface area contributed by atoms with Crippen LogP contribution in [0.2, 0.25) is 0 Å². The highest BCUT2D eigenvalue weighted by atomic mass is 32.1. The van der Waals surface area contributed by atoms with Gasteiger partial charge in [-0.3, -0.25) is 5.10 Å². The van der Waals surface area contributed by atoms with Gasteiger partial charge in [0.25, 0.3) is 0 Å². The monoisotopic (exact) mass is 465 g/mol. The first-order chi connectivity index (χ1) is 16.0. The molecule has 4 aromatic heterocycles. The number of H-pyrrole nitrogens is 1. The summed E-state index contributed by atoms with van der Waals surface area (Å²) in [6.45, 7) is 4.10. The lowest BCUT2D eigenvalue weighted by Gasteiger charge is -2.06. The van der Waals surface area contributed by atoms with E-state index in [2.05, 4.69) is 35.3 Å². The van der Waals surface area contributed by atoms with Crippen LogP contribution in [0.4, 0.5) is 8.78 Å². The van der Waals surface area contributed by atoms with Crippen molar-refractivity contribution < 1.29 is 13.5 Å². The molecule has 5 aromatic rings. The van der Waals surface area contributed by atoms with Crippen molar-refractivity contribution in [3.63, 3.8) is 0 Å². The van der Waals surface area contributed by atoms with Crippen molar-refractivity contribution in [2.45, 2.75) is 26.9 Å². The lowest BCUT2D eigenvalue weighted by Crippen LogP contribution is -1.99. The van der Waals surface area contributed by atoms with Crippen LogP contribution in [0.3, 0.4) is 0 Å². The summed E-state index contributed by atoms with van der Waals surface area (Å²) in [5.41, 5.74) is 2.44. The second kappa shape index (κ2) is 8.58. The third-order valence-electron chi connectivity index (χ3n) is 5.02. The van der Waals surface area contributed by atoms with E-state index in [1.165, 1.54) is 11.3 Å². The molecule has 0 fully saturated rings. The fourth-order valence-corrected chi connectivity index (χ4v) is 4.26. The number of benzene rings is 1. The first-order valence-corrected chi connectivity index (χ1v) is 10.9. The van der Waals surface area contributed by atoms with Crippen molar-refractivity contribution in [1.29, 1.82) is 0 Å². The van der Waals surface area contributed by atoms with E-state index < -0.39 is 11.6 Å². The molecular weight excluding hydrogens is 448 g/mol. The molecule has 0 amide bonds. The number of aromatic nitrogens is 7. The van der Waals surface area contributed by atoms with Crippen LogP contribution >= 0.6 is 11.3 Å². The summed E-state index contributed by atoms with van der Waals surface area (Å²) in [4.78, 5) is 18.3. The number of rotatable bonds is 6. The van der Waals surface area contributed by atoms with E-state index in [0.717, 1.165) is 33.6 Å². The van der Waals surface area contributed by atoms with Crippen LogP contribution in [-0.2, 0) is 13.0 Å². The molecule has 0 spiro atoms. The number of fused-ring (bicyclic) bond motifs is 1. The summed E-state index contributed by atoms with van der Waals surface area (Å²) < 4.78 is 34.9. The quantitative estimate of drug-likeness (QED) is 0.389. The number of hydrogen-bond donors (Lipinski definition) is 1. The Balaban J connectivity index is 1.42. The molecule has 0 aliphatic heterocycles. The minimum atomic E-state index is -0.676. The standard InChI is InChI=1S/C22H17F2N7OS/c1-3-12-8-25-22(26-9-12)32-10-17-27-11(2)21(33-17)16-6-4-5-15(28-16)13-7-14(23)19-20(18(13)24)30-31-29-19/h4-9H,3,10H2,1-2H3,(H,29,30,31). The number of nitrogens with zero attached hydrogens (tertiary/aromatic N) is 6. The third-order valence-corrected chi connectivity index (χ3v) is 6.17. The molecular formula is C22H17F2N7OS. The fraction of sp³-hybridized carbons (Fsp3) is 0.182.